The van der Waals surface area contributed by atoms with E-state index >= 15 is 0 Å². The average Bonchev–Trinajstić information content (AvgIpc) is 3.12. The molecule has 0 saturated carbocycles. The van der Waals surface area contributed by atoms with Crippen LogP contribution in [0.5, 0.6) is 5.88 Å². The lowest BCUT2D eigenvalue weighted by molar-refractivity contribution is -0.0760. The number of fused-ring (bicyclic) bond motifs is 1. The second-order valence-corrected chi connectivity index (χ2v) is 6.41. The summed E-state index contributed by atoms with van der Waals surface area (Å²) in [6.07, 6.45) is -1.78. The number of rotatable bonds is 6. The monoisotopic (exact) mass is 367 g/mol. The van der Waals surface area contributed by atoms with Gasteiger partial charge in [-0.1, -0.05) is 13.8 Å². The zero-order chi connectivity index (χ0) is 19.0. The maximum absolute atomic E-state index is 13.0. The summed E-state index contributed by atoms with van der Waals surface area (Å²) >= 11 is 0. The molecule has 2 aromatic heterocycles. The molecule has 144 valence electrons. The maximum Gasteiger partial charge on any atom is 0.332 e. The Labute approximate surface area is 150 Å². The minimum Gasteiger partial charge on any atom is -0.479 e. The molecule has 10 heteroatoms. The van der Waals surface area contributed by atoms with E-state index in [0.717, 1.165) is 0 Å². The summed E-state index contributed by atoms with van der Waals surface area (Å²) in [4.78, 5) is 21.3. The van der Waals surface area contributed by atoms with Gasteiger partial charge in [-0.05, 0) is 12.8 Å². The van der Waals surface area contributed by atoms with Crippen LogP contribution in [0, 0.1) is 0 Å². The Morgan fingerprint density at radius 2 is 2.15 bits per heavy atom. The Bertz CT molecular complexity index is 848. The number of aryl methyl sites for hydroxylation is 1. The first-order valence-corrected chi connectivity index (χ1v) is 8.76. The van der Waals surface area contributed by atoms with Crippen molar-refractivity contribution in [2.45, 2.75) is 64.2 Å². The maximum atomic E-state index is 13.0. The van der Waals surface area contributed by atoms with Gasteiger partial charge in [-0.15, -0.1) is 0 Å². The highest BCUT2D eigenvalue weighted by molar-refractivity contribution is 5.78. The number of nitrogens with zero attached hydrogens (tertiary/aromatic N) is 4. The molecule has 4 N–H and O–H groups in total. The summed E-state index contributed by atoms with van der Waals surface area (Å²) in [7, 11) is 1.44. The highest BCUT2D eigenvalue weighted by Gasteiger charge is 2.40. The van der Waals surface area contributed by atoms with Gasteiger partial charge in [-0.3, -0.25) is 4.57 Å². The first kappa shape index (κ1) is 18.6. The topological polar surface area (TPSA) is 138 Å². The first-order valence-electron chi connectivity index (χ1n) is 8.76. The zero-order valence-corrected chi connectivity index (χ0v) is 15.1. The van der Waals surface area contributed by atoms with Crippen molar-refractivity contribution in [1.29, 1.82) is 0 Å². The van der Waals surface area contributed by atoms with Gasteiger partial charge in [0.25, 0.3) is 0 Å². The largest absolute Gasteiger partial charge is 0.479 e. The molecule has 3 rings (SSSR count). The number of hydrogen-bond donors (Lipinski definition) is 3. The first-order chi connectivity index (χ1) is 12.4. The number of nitrogens with two attached hydrogens (primary N) is 1. The number of aromatic nitrogens is 4. The zero-order valence-electron chi connectivity index (χ0n) is 15.1. The third-order valence-corrected chi connectivity index (χ3v) is 4.65. The van der Waals surface area contributed by atoms with Crippen LogP contribution in [0.3, 0.4) is 0 Å². The van der Waals surface area contributed by atoms with Gasteiger partial charge in [-0.25, -0.2) is 9.36 Å². The molecule has 1 aliphatic rings. The predicted octanol–water partition coefficient (Wildman–Crippen LogP) is 0.0131. The molecule has 10 nitrogen and oxygen atoms in total. The SMILES string of the molecule is CCCn1c(=O)n([C@@H]2O[C@H](C(O)CC)C[C@H]2O)c2nc(N)nc(OC)c21. The second-order valence-electron chi connectivity index (χ2n) is 6.41. The van der Waals surface area contributed by atoms with Gasteiger partial charge in [0.1, 0.15) is 6.10 Å². The summed E-state index contributed by atoms with van der Waals surface area (Å²) in [5, 5.41) is 20.5. The molecule has 0 amide bonds. The molecule has 0 bridgehead atoms. The fourth-order valence-corrected chi connectivity index (χ4v) is 3.39. The van der Waals surface area contributed by atoms with E-state index in [2.05, 4.69) is 9.97 Å². The van der Waals surface area contributed by atoms with Crippen molar-refractivity contribution in [1.82, 2.24) is 19.1 Å². The number of aliphatic hydroxyl groups is 2. The third-order valence-electron chi connectivity index (χ3n) is 4.65. The van der Waals surface area contributed by atoms with E-state index in [4.69, 9.17) is 15.2 Å². The lowest BCUT2D eigenvalue weighted by Gasteiger charge is -2.18. The van der Waals surface area contributed by atoms with Crippen LogP contribution in [0.1, 0.15) is 39.3 Å². The van der Waals surface area contributed by atoms with Crippen molar-refractivity contribution in [2.24, 2.45) is 0 Å². The minimum absolute atomic E-state index is 0.0469. The smallest absolute Gasteiger partial charge is 0.332 e. The fraction of sp³-hybridized carbons (Fsp3) is 0.688. The van der Waals surface area contributed by atoms with Crippen molar-refractivity contribution in [2.75, 3.05) is 12.8 Å². The Morgan fingerprint density at radius 1 is 1.42 bits per heavy atom. The molecule has 0 spiro atoms. The third kappa shape index (κ3) is 2.93. The van der Waals surface area contributed by atoms with Gasteiger partial charge in [0.15, 0.2) is 17.4 Å². The van der Waals surface area contributed by atoms with Crippen molar-refractivity contribution in [3.05, 3.63) is 10.5 Å². The van der Waals surface area contributed by atoms with Crippen LogP contribution in [-0.4, -0.2) is 54.7 Å². The van der Waals surface area contributed by atoms with E-state index < -0.39 is 30.2 Å². The quantitative estimate of drug-likeness (QED) is 0.649. The second kappa shape index (κ2) is 7.22. The van der Waals surface area contributed by atoms with Gasteiger partial charge in [0.05, 0.1) is 19.3 Å². The van der Waals surface area contributed by atoms with Crippen molar-refractivity contribution >= 4 is 17.1 Å². The average molecular weight is 367 g/mol. The van der Waals surface area contributed by atoms with Crippen LogP contribution in [0.25, 0.3) is 11.2 Å². The predicted molar refractivity (Wildman–Crippen MR) is 93.9 cm³/mol. The number of aliphatic hydroxyl groups excluding tert-OH is 2. The molecule has 3 heterocycles. The van der Waals surface area contributed by atoms with Gasteiger partial charge in [-0.2, -0.15) is 9.97 Å². The number of nitrogen functional groups attached to an aromatic ring is 1. The van der Waals surface area contributed by atoms with Crippen LogP contribution in [0.2, 0.25) is 0 Å². The van der Waals surface area contributed by atoms with E-state index in [1.165, 1.54) is 16.2 Å². The Balaban J connectivity index is 2.19. The van der Waals surface area contributed by atoms with E-state index in [0.29, 0.717) is 24.9 Å². The molecule has 0 radical (unpaired) electrons. The fourth-order valence-electron chi connectivity index (χ4n) is 3.39. The lowest BCUT2D eigenvalue weighted by Crippen LogP contribution is -2.32. The molecule has 1 saturated heterocycles. The van der Waals surface area contributed by atoms with Crippen molar-refractivity contribution in [3.63, 3.8) is 0 Å². The number of anilines is 1. The summed E-state index contributed by atoms with van der Waals surface area (Å²) in [5.74, 6) is 0.142. The van der Waals surface area contributed by atoms with Crippen LogP contribution >= 0.6 is 0 Å². The van der Waals surface area contributed by atoms with Crippen LogP contribution in [0.15, 0.2) is 4.79 Å². The standard InChI is InChI=1S/C16H25N5O5/c1-4-6-20-11-12(18-15(17)19-13(11)25-3)21(16(20)24)14-9(23)7-10(26-14)8(22)5-2/h8-10,14,22-23H,4-7H2,1-3H3,(H2,17,18,19)/t8?,9-,10+,14-/m1/s1. The summed E-state index contributed by atoms with van der Waals surface area (Å²) in [6, 6.07) is 0. The molecule has 1 fully saturated rings. The Morgan fingerprint density at radius 3 is 2.77 bits per heavy atom. The van der Waals surface area contributed by atoms with Crippen LogP contribution in [-0.2, 0) is 11.3 Å². The summed E-state index contributed by atoms with van der Waals surface area (Å²) < 4.78 is 13.9. The molecule has 2 aromatic rings. The molecule has 0 aliphatic carbocycles. The highest BCUT2D eigenvalue weighted by Crippen LogP contribution is 2.33. The molecule has 26 heavy (non-hydrogen) atoms. The Kier molecular flexibility index (Phi) is 5.17. The molecular weight excluding hydrogens is 342 g/mol. The molecular formula is C16H25N5O5. The van der Waals surface area contributed by atoms with E-state index in [1.54, 1.807) is 0 Å². The van der Waals surface area contributed by atoms with Gasteiger partial charge >= 0.3 is 5.69 Å². The molecule has 4 atom stereocenters. The highest BCUT2D eigenvalue weighted by atomic mass is 16.5. The number of ether oxygens (including phenoxy) is 2. The lowest BCUT2D eigenvalue weighted by atomic mass is 10.1. The van der Waals surface area contributed by atoms with E-state index in [-0.39, 0.29) is 23.9 Å². The minimum atomic E-state index is -0.965. The molecule has 0 aromatic carbocycles. The normalized spacial score (nSPS) is 24.3. The number of imidazole rings is 1. The molecule has 1 unspecified atom stereocenters. The van der Waals surface area contributed by atoms with E-state index in [9.17, 15) is 15.0 Å². The summed E-state index contributed by atoms with van der Waals surface area (Å²) in [5.41, 5.74) is 6.02. The van der Waals surface area contributed by atoms with Gasteiger partial charge < -0.3 is 25.4 Å². The van der Waals surface area contributed by atoms with Gasteiger partial charge in [0, 0.05) is 13.0 Å². The van der Waals surface area contributed by atoms with Crippen LogP contribution in [0.4, 0.5) is 5.95 Å². The summed E-state index contributed by atoms with van der Waals surface area (Å²) in [6.45, 7) is 4.19. The van der Waals surface area contributed by atoms with Crippen LogP contribution < -0.4 is 16.2 Å². The Hall–Kier alpha value is -2.17. The number of hydrogen-bond acceptors (Lipinski definition) is 8. The molecule has 1 aliphatic heterocycles. The van der Waals surface area contributed by atoms with Crippen molar-refractivity contribution < 1.29 is 19.7 Å². The van der Waals surface area contributed by atoms with E-state index in [1.807, 2.05) is 13.8 Å². The number of methoxy groups -OCH3 is 1. The van der Waals surface area contributed by atoms with Crippen molar-refractivity contribution in [3.8, 4) is 5.88 Å². The van der Waals surface area contributed by atoms with Gasteiger partial charge in [0.2, 0.25) is 11.8 Å².